The predicted molar refractivity (Wildman–Crippen MR) is 323 cm³/mol. The number of benzene rings is 10. The normalized spacial score (nSPS) is 11.2. The summed E-state index contributed by atoms with van der Waals surface area (Å²) in [5, 5.41) is 2.18. The van der Waals surface area contributed by atoms with Crippen molar-refractivity contribution in [2.45, 2.75) is 0 Å². The summed E-state index contributed by atoms with van der Waals surface area (Å²) in [5.74, 6) is 0. The van der Waals surface area contributed by atoms with Gasteiger partial charge in [-0.25, -0.2) is 0 Å². The summed E-state index contributed by atoms with van der Waals surface area (Å²) in [5.41, 5.74) is 24.9. The van der Waals surface area contributed by atoms with Crippen LogP contribution >= 0.6 is 0 Å². The van der Waals surface area contributed by atoms with Gasteiger partial charge in [-0.3, -0.25) is 0 Å². The molecule has 0 amide bonds. The summed E-state index contributed by atoms with van der Waals surface area (Å²) in [4.78, 5) is 14.0. The van der Waals surface area contributed by atoms with Crippen LogP contribution in [0.1, 0.15) is 0 Å². The van der Waals surface area contributed by atoms with Crippen molar-refractivity contribution in [3.05, 3.63) is 298 Å². The van der Waals surface area contributed by atoms with Gasteiger partial charge in [0.25, 0.3) is 0 Å². The van der Waals surface area contributed by atoms with Crippen LogP contribution in [-0.4, -0.2) is 15.0 Å². The van der Waals surface area contributed by atoms with Gasteiger partial charge in [-0.1, -0.05) is 179 Å². The van der Waals surface area contributed by atoms with Crippen LogP contribution < -0.4 is 0 Å². The topological polar surface area (TPSA) is 51.8 Å². The second kappa shape index (κ2) is 21.9. The number of hydrogen-bond acceptors (Lipinski definition) is 4. The molecule has 14 rings (SSSR count). The Labute approximate surface area is 478 Å². The number of fused-ring (bicyclic) bond motifs is 3. The van der Waals surface area contributed by atoms with E-state index >= 15 is 0 Å². The van der Waals surface area contributed by atoms with E-state index in [0.29, 0.717) is 0 Å². The van der Waals surface area contributed by atoms with Crippen LogP contribution in [0.25, 0.3) is 145 Å². The molecule has 4 heterocycles. The van der Waals surface area contributed by atoms with Gasteiger partial charge in [0.15, 0.2) is 0 Å². The van der Waals surface area contributed by atoms with Crippen molar-refractivity contribution in [1.82, 2.24) is 15.0 Å². The maximum atomic E-state index is 6.39. The van der Waals surface area contributed by atoms with Crippen LogP contribution in [0.2, 0.25) is 0 Å². The van der Waals surface area contributed by atoms with Gasteiger partial charge in [-0.15, -0.1) is 89.5 Å². The fourth-order valence-electron chi connectivity index (χ4n) is 10.9. The van der Waals surface area contributed by atoms with Crippen LogP contribution in [0.4, 0.5) is 0 Å². The predicted octanol–water partition coefficient (Wildman–Crippen LogP) is 19.5. The molecule has 80 heavy (non-hydrogen) atoms. The third kappa shape index (κ3) is 9.78. The molecule has 0 N–H and O–H groups in total. The maximum Gasteiger partial charge on any atom is 3.00 e. The molecule has 10 aromatic carbocycles. The number of hydrogen-bond donors (Lipinski definition) is 0. The molecule has 0 radical (unpaired) electrons. The second-order valence-corrected chi connectivity index (χ2v) is 19.7. The van der Waals surface area contributed by atoms with Gasteiger partial charge in [0.2, 0.25) is 0 Å². The van der Waals surface area contributed by atoms with Crippen molar-refractivity contribution in [2.24, 2.45) is 0 Å². The minimum absolute atomic E-state index is 0. The van der Waals surface area contributed by atoms with E-state index in [-0.39, 0.29) is 20.1 Å². The van der Waals surface area contributed by atoms with Crippen molar-refractivity contribution in [1.29, 1.82) is 0 Å². The number of nitrogens with zero attached hydrogens (tertiary/aromatic N) is 3. The number of furan rings is 1. The molecule has 14 aromatic rings. The van der Waals surface area contributed by atoms with Crippen LogP contribution in [0.3, 0.4) is 0 Å². The van der Waals surface area contributed by atoms with Crippen molar-refractivity contribution in [3.8, 4) is 123 Å². The van der Waals surface area contributed by atoms with E-state index in [1.54, 1.807) is 0 Å². The zero-order valence-corrected chi connectivity index (χ0v) is 45.5. The molecule has 0 saturated carbocycles. The molecule has 0 bridgehead atoms. The Bertz CT molecular complexity index is 4360. The first-order valence-corrected chi connectivity index (χ1v) is 26.4. The van der Waals surface area contributed by atoms with Gasteiger partial charge >= 0.3 is 20.1 Å². The van der Waals surface area contributed by atoms with E-state index in [4.69, 9.17) is 9.40 Å². The Balaban J connectivity index is 0.00000605. The van der Waals surface area contributed by atoms with E-state index in [0.717, 1.165) is 145 Å². The SMILES string of the molecule is [Ir+3].[c-]1cc(-c2ccccc2-c2cc(-c3ccccc3-c3c[c-]c(-c4ccccn4)cc3)cc(-c3ccccc3-c3c[c-]c(-c4cc(-c5ccc6oc7cc(-c8ccccc8)ccc7c6c5)ccn4)cc3)c2)ccc1-c1ccccn1. The van der Waals surface area contributed by atoms with Gasteiger partial charge in [-0.05, 0) is 133 Å². The third-order valence-electron chi connectivity index (χ3n) is 14.8. The summed E-state index contributed by atoms with van der Waals surface area (Å²) in [6.45, 7) is 0. The van der Waals surface area contributed by atoms with Gasteiger partial charge in [0.1, 0.15) is 11.2 Å². The smallest absolute Gasteiger partial charge is 0.456 e. The van der Waals surface area contributed by atoms with Crippen molar-refractivity contribution < 1.29 is 24.5 Å². The molecule has 376 valence electrons. The summed E-state index contributed by atoms with van der Waals surface area (Å²) < 4.78 is 6.39. The Morgan fingerprint density at radius 2 is 0.662 bits per heavy atom. The molecule has 0 fully saturated rings. The Morgan fingerprint density at radius 3 is 1.14 bits per heavy atom. The average Bonchev–Trinajstić information content (AvgIpc) is 3.96. The first-order valence-electron chi connectivity index (χ1n) is 26.4. The molecule has 0 spiro atoms. The first-order chi connectivity index (χ1) is 39.1. The fraction of sp³-hybridized carbons (Fsp3) is 0. The number of rotatable bonds is 11. The zero-order valence-electron chi connectivity index (χ0n) is 43.1. The Morgan fingerprint density at radius 1 is 0.250 bits per heavy atom. The zero-order chi connectivity index (χ0) is 52.5. The van der Waals surface area contributed by atoms with Gasteiger partial charge in [0.05, 0.1) is 0 Å². The molecular formula is C75H46IrN3O. The molecule has 0 atom stereocenters. The molecule has 4 aromatic heterocycles. The second-order valence-electron chi connectivity index (χ2n) is 19.7. The molecular weight excluding hydrogens is 1150 g/mol. The molecule has 4 nitrogen and oxygen atoms in total. The monoisotopic (exact) mass is 1200 g/mol. The van der Waals surface area contributed by atoms with E-state index < -0.39 is 0 Å². The van der Waals surface area contributed by atoms with Crippen LogP contribution in [-0.2, 0) is 20.1 Å². The largest absolute Gasteiger partial charge is 3.00 e. The van der Waals surface area contributed by atoms with Crippen molar-refractivity contribution in [2.75, 3.05) is 0 Å². The molecule has 0 unspecified atom stereocenters. The molecule has 0 aliphatic carbocycles. The number of aromatic nitrogens is 3. The third-order valence-corrected chi connectivity index (χ3v) is 14.8. The Kier molecular flexibility index (Phi) is 13.6. The standard InChI is InChI=1S/C75H46N3O.Ir/c1-2-14-50(15-3-1)58-36-38-69-70-47-57(37-39-74(70)79-75(69)49-58)59-40-43-78-73(48-59)56-34-28-53(29-35-56)65-18-6-9-21-68(65)62-45-60(66-19-7-4-16-63(66)51-24-30-54(31-25-51)71-22-10-12-41-76-71)44-61(46-62)67-20-8-5-17-64(67)52-26-32-55(33-27-52)72-23-11-13-42-77-72;/h1-30,32,34,36-49H;/q-3;+3. The van der Waals surface area contributed by atoms with E-state index in [1.807, 2.05) is 61.1 Å². The van der Waals surface area contributed by atoms with E-state index in [1.165, 1.54) is 0 Å². The maximum absolute atomic E-state index is 6.39. The van der Waals surface area contributed by atoms with Crippen molar-refractivity contribution >= 4 is 21.9 Å². The number of pyridine rings is 3. The molecule has 0 aliphatic heterocycles. The molecule has 0 saturated heterocycles. The summed E-state index contributed by atoms with van der Waals surface area (Å²) >= 11 is 0. The minimum Gasteiger partial charge on any atom is -0.456 e. The fourth-order valence-corrected chi connectivity index (χ4v) is 10.9. The first kappa shape index (κ1) is 49.7. The summed E-state index contributed by atoms with van der Waals surface area (Å²) in [6.07, 6.45) is 5.53. The summed E-state index contributed by atoms with van der Waals surface area (Å²) in [6, 6.07) is 102. The minimum atomic E-state index is 0. The van der Waals surface area contributed by atoms with Gasteiger partial charge < -0.3 is 19.4 Å². The van der Waals surface area contributed by atoms with Crippen LogP contribution in [0, 0.1) is 18.2 Å². The average molecular weight is 1200 g/mol. The van der Waals surface area contributed by atoms with Gasteiger partial charge in [-0.2, -0.15) is 0 Å². The summed E-state index contributed by atoms with van der Waals surface area (Å²) in [7, 11) is 0. The van der Waals surface area contributed by atoms with Gasteiger partial charge in [0, 0.05) is 29.4 Å². The Hall–Kier alpha value is -9.90. The molecule has 0 aliphatic rings. The van der Waals surface area contributed by atoms with Crippen LogP contribution in [0.15, 0.2) is 284 Å². The van der Waals surface area contributed by atoms with Crippen molar-refractivity contribution in [3.63, 3.8) is 0 Å². The quantitative estimate of drug-likeness (QED) is 0.121. The van der Waals surface area contributed by atoms with E-state index in [2.05, 4.69) is 247 Å². The molecule has 5 heteroatoms. The van der Waals surface area contributed by atoms with Crippen LogP contribution in [0.5, 0.6) is 0 Å². The van der Waals surface area contributed by atoms with E-state index in [9.17, 15) is 0 Å².